The van der Waals surface area contributed by atoms with E-state index in [0.29, 0.717) is 10.9 Å². The van der Waals surface area contributed by atoms with Gasteiger partial charge in [0.1, 0.15) is 6.42 Å². The van der Waals surface area contributed by atoms with E-state index < -0.39 is 16.0 Å². The number of carbonyl (C=O) groups is 2. The summed E-state index contributed by atoms with van der Waals surface area (Å²) in [6.07, 6.45) is -0.314. The van der Waals surface area contributed by atoms with Crippen LogP contribution in [0.1, 0.15) is 30.6 Å². The van der Waals surface area contributed by atoms with Crippen molar-refractivity contribution in [1.82, 2.24) is 4.31 Å². The van der Waals surface area contributed by atoms with Crippen LogP contribution in [0.25, 0.3) is 10.8 Å². The third-order valence-electron chi connectivity index (χ3n) is 3.79. The molecule has 7 heteroatoms. The first-order valence-electron chi connectivity index (χ1n) is 8.26. The molecule has 0 heterocycles. The third kappa shape index (κ3) is 4.68. The molecule has 0 spiro atoms. The van der Waals surface area contributed by atoms with Crippen LogP contribution in [0.3, 0.4) is 0 Å². The monoisotopic (exact) mass is 377 g/mol. The second-order valence-corrected chi connectivity index (χ2v) is 8.84. The van der Waals surface area contributed by atoms with E-state index >= 15 is 0 Å². The van der Waals surface area contributed by atoms with Crippen LogP contribution in [0.2, 0.25) is 0 Å². The van der Waals surface area contributed by atoms with Crippen molar-refractivity contribution in [3.05, 3.63) is 42.0 Å². The molecule has 0 fully saturated rings. The summed E-state index contributed by atoms with van der Waals surface area (Å²) in [5, 5.41) is 1.43. The summed E-state index contributed by atoms with van der Waals surface area (Å²) in [5.41, 5.74) is 0.391. The molecule has 0 saturated carbocycles. The van der Waals surface area contributed by atoms with E-state index in [4.69, 9.17) is 4.74 Å². The minimum Gasteiger partial charge on any atom is -0.465 e. The maximum Gasteiger partial charge on any atom is 0.313 e. The lowest BCUT2D eigenvalue weighted by Crippen LogP contribution is -2.22. The van der Waals surface area contributed by atoms with Crippen LogP contribution in [0, 0.1) is 5.92 Å². The molecule has 2 aromatic carbocycles. The number of carbonyl (C=O) groups excluding carboxylic acids is 2. The normalized spacial score (nSPS) is 11.9. The average molecular weight is 377 g/mol. The summed E-state index contributed by atoms with van der Waals surface area (Å²) in [6.45, 7) is 4.12. The fourth-order valence-electron chi connectivity index (χ4n) is 2.31. The largest absolute Gasteiger partial charge is 0.465 e. The van der Waals surface area contributed by atoms with E-state index in [9.17, 15) is 18.0 Å². The Balaban J connectivity index is 2.22. The highest BCUT2D eigenvalue weighted by Crippen LogP contribution is 2.22. The fourth-order valence-corrected chi connectivity index (χ4v) is 3.25. The summed E-state index contributed by atoms with van der Waals surface area (Å²) in [5.74, 6) is -0.663. The average Bonchev–Trinajstić information content (AvgIpc) is 2.58. The van der Waals surface area contributed by atoms with Crippen molar-refractivity contribution in [3.8, 4) is 0 Å². The van der Waals surface area contributed by atoms with Gasteiger partial charge in [0.2, 0.25) is 10.0 Å². The van der Waals surface area contributed by atoms with Gasteiger partial charge in [-0.15, -0.1) is 0 Å². The second-order valence-electron chi connectivity index (χ2n) is 6.69. The molecule has 0 aromatic heterocycles. The summed E-state index contributed by atoms with van der Waals surface area (Å²) in [7, 11) is -0.575. The van der Waals surface area contributed by atoms with E-state index in [1.807, 2.05) is 13.8 Å². The lowest BCUT2D eigenvalue weighted by atomic mass is 10.0. The molecule has 0 radical (unpaired) electrons. The molecule has 0 atom stereocenters. The fraction of sp³-hybridized carbons (Fsp3) is 0.368. The number of benzene rings is 2. The first-order valence-corrected chi connectivity index (χ1v) is 9.70. The predicted octanol–water partition coefficient (Wildman–Crippen LogP) is 2.86. The number of ether oxygens (including phenoxy) is 1. The molecule has 2 aromatic rings. The molecule has 0 saturated heterocycles. The Labute approximate surface area is 153 Å². The first kappa shape index (κ1) is 20.1. The zero-order chi connectivity index (χ0) is 19.5. The highest BCUT2D eigenvalue weighted by Gasteiger charge is 2.18. The Morgan fingerprint density at radius 2 is 1.65 bits per heavy atom. The van der Waals surface area contributed by atoms with Gasteiger partial charge >= 0.3 is 5.97 Å². The maximum absolute atomic E-state index is 12.3. The van der Waals surface area contributed by atoms with Crippen molar-refractivity contribution in [3.63, 3.8) is 0 Å². The van der Waals surface area contributed by atoms with Crippen molar-refractivity contribution in [2.24, 2.45) is 5.92 Å². The Hall–Kier alpha value is -2.25. The number of Topliss-reactive ketones (excluding diaryl/α,β-unsaturated/α-hetero) is 1. The highest BCUT2D eigenvalue weighted by molar-refractivity contribution is 7.89. The molecule has 0 aliphatic heterocycles. The molecule has 0 bridgehead atoms. The van der Waals surface area contributed by atoms with Crippen LogP contribution in [0.15, 0.2) is 41.3 Å². The SMILES string of the molecule is CC(C)COC(=O)CC(=O)c1ccc2cc(S(=O)(=O)N(C)C)ccc2c1. The lowest BCUT2D eigenvalue weighted by Gasteiger charge is -2.12. The summed E-state index contributed by atoms with van der Waals surface area (Å²) in [4.78, 5) is 24.1. The molecule has 140 valence electrons. The number of esters is 1. The van der Waals surface area contributed by atoms with E-state index in [0.717, 1.165) is 9.69 Å². The molecule has 0 aliphatic carbocycles. The zero-order valence-electron chi connectivity index (χ0n) is 15.4. The number of sulfonamides is 1. The highest BCUT2D eigenvalue weighted by atomic mass is 32.2. The van der Waals surface area contributed by atoms with Gasteiger partial charge in [-0.25, -0.2) is 12.7 Å². The minimum absolute atomic E-state index is 0.186. The van der Waals surface area contributed by atoms with Gasteiger partial charge in [-0.3, -0.25) is 9.59 Å². The number of hydrogen-bond donors (Lipinski definition) is 0. The Morgan fingerprint density at radius 3 is 2.27 bits per heavy atom. The number of rotatable bonds is 7. The smallest absolute Gasteiger partial charge is 0.313 e. The van der Waals surface area contributed by atoms with Crippen molar-refractivity contribution in [2.75, 3.05) is 20.7 Å². The molecule has 0 N–H and O–H groups in total. The van der Waals surface area contributed by atoms with Crippen molar-refractivity contribution < 1.29 is 22.7 Å². The number of nitrogens with zero attached hydrogens (tertiary/aromatic N) is 1. The van der Waals surface area contributed by atoms with Crippen molar-refractivity contribution in [2.45, 2.75) is 25.2 Å². The quantitative estimate of drug-likeness (QED) is 0.421. The van der Waals surface area contributed by atoms with Crippen LogP contribution in [0.4, 0.5) is 0 Å². The van der Waals surface area contributed by atoms with Gasteiger partial charge in [-0.2, -0.15) is 0 Å². The van der Waals surface area contributed by atoms with Crippen LogP contribution < -0.4 is 0 Å². The summed E-state index contributed by atoms with van der Waals surface area (Å²) >= 11 is 0. The number of fused-ring (bicyclic) bond motifs is 1. The van der Waals surface area contributed by atoms with Crippen LogP contribution in [-0.2, 0) is 19.6 Å². The Morgan fingerprint density at radius 1 is 1.04 bits per heavy atom. The van der Waals surface area contributed by atoms with Crippen LogP contribution in [0.5, 0.6) is 0 Å². The van der Waals surface area contributed by atoms with Gasteiger partial charge in [-0.05, 0) is 34.9 Å². The molecule has 0 unspecified atom stereocenters. The molecule has 0 aliphatic rings. The van der Waals surface area contributed by atoms with Gasteiger partial charge in [0.05, 0.1) is 11.5 Å². The van der Waals surface area contributed by atoms with Crippen LogP contribution >= 0.6 is 0 Å². The van der Waals surface area contributed by atoms with Gasteiger partial charge in [0, 0.05) is 19.7 Å². The third-order valence-corrected chi connectivity index (χ3v) is 5.61. The van der Waals surface area contributed by atoms with Gasteiger partial charge in [0.25, 0.3) is 0 Å². The Bertz CT molecular complexity index is 932. The van der Waals surface area contributed by atoms with Crippen molar-refractivity contribution in [1.29, 1.82) is 0 Å². The number of ketones is 1. The standard InChI is InChI=1S/C19H23NO5S/c1-13(2)12-25-19(22)11-18(21)16-6-5-15-10-17(8-7-14(15)9-16)26(23,24)20(3)4/h5-10,13H,11-12H2,1-4H3. The first-order chi connectivity index (χ1) is 12.1. The second kappa shape index (κ2) is 7.97. The zero-order valence-corrected chi connectivity index (χ0v) is 16.2. The molecule has 26 heavy (non-hydrogen) atoms. The lowest BCUT2D eigenvalue weighted by molar-refractivity contribution is -0.143. The van der Waals surface area contributed by atoms with Gasteiger partial charge < -0.3 is 4.74 Å². The van der Waals surface area contributed by atoms with Gasteiger partial charge in [0.15, 0.2) is 5.78 Å². The van der Waals surface area contributed by atoms with Crippen LogP contribution in [-0.4, -0.2) is 45.2 Å². The van der Waals surface area contributed by atoms with E-state index in [1.165, 1.54) is 20.2 Å². The predicted molar refractivity (Wildman–Crippen MR) is 99.6 cm³/mol. The molecule has 2 rings (SSSR count). The van der Waals surface area contributed by atoms with Gasteiger partial charge in [-0.1, -0.05) is 32.0 Å². The van der Waals surface area contributed by atoms with E-state index in [1.54, 1.807) is 30.3 Å². The Kier molecular flexibility index (Phi) is 6.15. The molecular formula is C19H23NO5S. The summed E-state index contributed by atoms with van der Waals surface area (Å²) < 4.78 is 30.6. The molecule has 0 amide bonds. The van der Waals surface area contributed by atoms with E-state index in [2.05, 4.69) is 0 Å². The topological polar surface area (TPSA) is 80.8 Å². The van der Waals surface area contributed by atoms with Crippen molar-refractivity contribution >= 4 is 32.5 Å². The maximum atomic E-state index is 12.3. The summed E-state index contributed by atoms with van der Waals surface area (Å²) in [6, 6.07) is 9.64. The number of hydrogen-bond acceptors (Lipinski definition) is 5. The van der Waals surface area contributed by atoms with E-state index in [-0.39, 0.29) is 29.6 Å². The minimum atomic E-state index is -3.52. The molecule has 6 nitrogen and oxygen atoms in total. The molecular weight excluding hydrogens is 354 g/mol.